The van der Waals surface area contributed by atoms with Crippen molar-refractivity contribution in [2.24, 2.45) is 0 Å². The number of non-ortho nitro benzene ring substituents is 1. The number of nitro groups is 1. The number of rotatable bonds is 4. The summed E-state index contributed by atoms with van der Waals surface area (Å²) < 4.78 is 5.26. The number of ether oxygens (including phenoxy) is 1. The fourth-order valence-corrected chi connectivity index (χ4v) is 1.62. The van der Waals surface area contributed by atoms with Crippen LogP contribution in [0.3, 0.4) is 0 Å². The minimum Gasteiger partial charge on any atom is -0.479 e. The quantitative estimate of drug-likeness (QED) is 0.667. The molecule has 98 valence electrons. The minimum atomic E-state index is -1.12. The topological polar surface area (TPSA) is 103 Å². The minimum absolute atomic E-state index is 0.147. The van der Waals surface area contributed by atoms with Crippen LogP contribution in [0.2, 0.25) is 0 Å². The highest BCUT2D eigenvalue weighted by molar-refractivity contribution is 5.92. The second-order valence-corrected chi connectivity index (χ2v) is 3.84. The van der Waals surface area contributed by atoms with Crippen molar-refractivity contribution in [1.82, 2.24) is 4.98 Å². The van der Waals surface area contributed by atoms with E-state index in [0.29, 0.717) is 5.39 Å². The number of hydrogen-bond acceptors (Lipinski definition) is 5. The number of nitro benzene ring substituents is 1. The van der Waals surface area contributed by atoms with Gasteiger partial charge in [0.25, 0.3) is 5.69 Å². The van der Waals surface area contributed by atoms with Crippen LogP contribution in [-0.4, -0.2) is 27.1 Å². The molecule has 0 amide bonds. The van der Waals surface area contributed by atoms with E-state index in [1.165, 1.54) is 25.3 Å². The van der Waals surface area contributed by atoms with E-state index in [1.54, 1.807) is 12.1 Å². The van der Waals surface area contributed by atoms with Gasteiger partial charge in [-0.25, -0.2) is 9.78 Å². The molecule has 2 aromatic rings. The van der Waals surface area contributed by atoms with Crippen molar-refractivity contribution in [2.45, 2.75) is 13.0 Å². The van der Waals surface area contributed by atoms with Gasteiger partial charge < -0.3 is 9.84 Å². The average Bonchev–Trinajstić information content (AvgIpc) is 2.38. The first-order chi connectivity index (χ1) is 9.00. The summed E-state index contributed by atoms with van der Waals surface area (Å²) in [5.74, 6) is -0.862. The van der Waals surface area contributed by atoms with Gasteiger partial charge in [-0.2, -0.15) is 0 Å². The largest absolute Gasteiger partial charge is 0.479 e. The van der Waals surface area contributed by atoms with Crippen LogP contribution in [0.25, 0.3) is 10.9 Å². The summed E-state index contributed by atoms with van der Waals surface area (Å²) in [5, 5.41) is 20.1. The molecule has 0 bridgehead atoms. The number of carboxylic acids is 1. The molecule has 7 heteroatoms. The molecule has 0 aliphatic heterocycles. The lowest BCUT2D eigenvalue weighted by Crippen LogP contribution is -2.23. The van der Waals surface area contributed by atoms with Crippen molar-refractivity contribution in [3.05, 3.63) is 40.6 Å². The predicted molar refractivity (Wildman–Crippen MR) is 66.1 cm³/mol. The molecule has 1 aromatic carbocycles. The van der Waals surface area contributed by atoms with Crippen LogP contribution in [0.1, 0.15) is 6.92 Å². The summed E-state index contributed by atoms with van der Waals surface area (Å²) in [6.45, 7) is 1.38. The van der Waals surface area contributed by atoms with Gasteiger partial charge in [0.05, 0.1) is 4.92 Å². The monoisotopic (exact) mass is 262 g/mol. The van der Waals surface area contributed by atoms with E-state index in [4.69, 9.17) is 9.84 Å². The molecule has 0 spiro atoms. The molecule has 0 radical (unpaired) electrons. The van der Waals surface area contributed by atoms with Gasteiger partial charge in [0.15, 0.2) is 11.6 Å². The van der Waals surface area contributed by atoms with Gasteiger partial charge in [-0.15, -0.1) is 0 Å². The van der Waals surface area contributed by atoms with Crippen molar-refractivity contribution < 1.29 is 19.6 Å². The lowest BCUT2D eigenvalue weighted by molar-refractivity contribution is -0.383. The lowest BCUT2D eigenvalue weighted by atomic mass is 10.1. The molecule has 0 saturated carbocycles. The van der Waals surface area contributed by atoms with Crippen LogP contribution in [0, 0.1) is 10.1 Å². The number of aromatic nitrogens is 1. The van der Waals surface area contributed by atoms with E-state index in [0.717, 1.165) is 0 Å². The molecule has 0 unspecified atom stereocenters. The highest BCUT2D eigenvalue weighted by atomic mass is 16.6. The summed E-state index contributed by atoms with van der Waals surface area (Å²) in [4.78, 5) is 25.1. The van der Waals surface area contributed by atoms with Crippen LogP contribution in [0.15, 0.2) is 30.5 Å². The summed E-state index contributed by atoms with van der Waals surface area (Å²) >= 11 is 0. The Hall–Kier alpha value is -2.70. The summed E-state index contributed by atoms with van der Waals surface area (Å²) in [6.07, 6.45) is 0.379. The third-order valence-corrected chi connectivity index (χ3v) is 2.56. The van der Waals surface area contributed by atoms with Gasteiger partial charge in [-0.3, -0.25) is 10.1 Å². The Kier molecular flexibility index (Phi) is 3.28. The fourth-order valence-electron chi connectivity index (χ4n) is 1.62. The number of carboxylic acid groups (broad SMARTS) is 1. The molecule has 0 saturated heterocycles. The number of nitrogens with zero attached hydrogens (tertiary/aromatic N) is 2. The third kappa shape index (κ3) is 2.44. The van der Waals surface area contributed by atoms with E-state index in [2.05, 4.69) is 4.98 Å². The molecule has 0 fully saturated rings. The maximum Gasteiger partial charge on any atom is 0.344 e. The second kappa shape index (κ2) is 4.89. The standard InChI is InChI=1S/C12H10N2O5/c1-7(12(15)16)19-10-5-4-9(14(17)18)11-8(10)3-2-6-13-11/h2-7H,1H3,(H,15,16)/t7-/m1/s1. The Morgan fingerprint density at radius 1 is 1.47 bits per heavy atom. The lowest BCUT2D eigenvalue weighted by Gasteiger charge is -2.12. The van der Waals surface area contributed by atoms with Gasteiger partial charge in [-0.1, -0.05) is 0 Å². The van der Waals surface area contributed by atoms with Gasteiger partial charge in [0.1, 0.15) is 5.75 Å². The molecule has 7 nitrogen and oxygen atoms in total. The smallest absolute Gasteiger partial charge is 0.344 e. The van der Waals surface area contributed by atoms with Gasteiger partial charge in [0.2, 0.25) is 0 Å². The Bertz CT molecular complexity index is 656. The zero-order valence-corrected chi connectivity index (χ0v) is 9.94. The van der Waals surface area contributed by atoms with Crippen LogP contribution in [0.5, 0.6) is 5.75 Å². The summed E-state index contributed by atoms with van der Waals surface area (Å²) in [5.41, 5.74) is 0.0218. The van der Waals surface area contributed by atoms with Gasteiger partial charge >= 0.3 is 5.97 Å². The van der Waals surface area contributed by atoms with Crippen LogP contribution in [-0.2, 0) is 4.79 Å². The third-order valence-electron chi connectivity index (χ3n) is 2.56. The number of benzene rings is 1. The molecule has 19 heavy (non-hydrogen) atoms. The van der Waals surface area contributed by atoms with Crippen molar-refractivity contribution in [3.8, 4) is 5.75 Å². The van der Waals surface area contributed by atoms with E-state index < -0.39 is 17.0 Å². The normalized spacial score (nSPS) is 12.1. The number of fused-ring (bicyclic) bond motifs is 1. The molecule has 1 atom stereocenters. The number of aliphatic carboxylic acids is 1. The molecular weight excluding hydrogens is 252 g/mol. The first kappa shape index (κ1) is 12.7. The molecule has 1 aromatic heterocycles. The Morgan fingerprint density at radius 3 is 2.84 bits per heavy atom. The molecule has 2 rings (SSSR count). The maximum atomic E-state index is 10.9. The number of hydrogen-bond donors (Lipinski definition) is 1. The van der Waals surface area contributed by atoms with Crippen LogP contribution >= 0.6 is 0 Å². The fraction of sp³-hybridized carbons (Fsp3) is 0.167. The Morgan fingerprint density at radius 2 is 2.21 bits per heavy atom. The molecule has 0 aliphatic carbocycles. The highest BCUT2D eigenvalue weighted by Crippen LogP contribution is 2.31. The van der Waals surface area contributed by atoms with E-state index in [9.17, 15) is 14.9 Å². The van der Waals surface area contributed by atoms with Crippen molar-refractivity contribution in [3.63, 3.8) is 0 Å². The van der Waals surface area contributed by atoms with E-state index >= 15 is 0 Å². The zero-order valence-electron chi connectivity index (χ0n) is 9.94. The van der Waals surface area contributed by atoms with Gasteiger partial charge in [-0.05, 0) is 25.1 Å². The molecular formula is C12H10N2O5. The van der Waals surface area contributed by atoms with E-state index in [-0.39, 0.29) is 17.0 Å². The summed E-state index contributed by atoms with van der Waals surface area (Å²) in [7, 11) is 0. The second-order valence-electron chi connectivity index (χ2n) is 3.84. The molecule has 1 heterocycles. The van der Waals surface area contributed by atoms with Crippen molar-refractivity contribution in [2.75, 3.05) is 0 Å². The predicted octanol–water partition coefficient (Wildman–Crippen LogP) is 1.99. The van der Waals surface area contributed by atoms with Crippen molar-refractivity contribution in [1.29, 1.82) is 0 Å². The molecule has 1 N–H and O–H groups in total. The van der Waals surface area contributed by atoms with Crippen molar-refractivity contribution >= 4 is 22.6 Å². The number of pyridine rings is 1. The zero-order chi connectivity index (χ0) is 14.0. The maximum absolute atomic E-state index is 10.9. The summed E-state index contributed by atoms with van der Waals surface area (Å²) in [6, 6.07) is 5.82. The van der Waals surface area contributed by atoms with Crippen LogP contribution in [0.4, 0.5) is 5.69 Å². The molecule has 0 aliphatic rings. The van der Waals surface area contributed by atoms with Gasteiger partial charge in [0, 0.05) is 17.6 Å². The average molecular weight is 262 g/mol. The Balaban J connectivity index is 2.55. The number of carbonyl (C=O) groups is 1. The SMILES string of the molecule is C[C@@H](Oc1ccc([N+](=O)[O-])c2ncccc12)C(=O)O. The van der Waals surface area contributed by atoms with Crippen LogP contribution < -0.4 is 4.74 Å². The first-order valence-corrected chi connectivity index (χ1v) is 5.42. The Labute approximate surface area is 107 Å². The van der Waals surface area contributed by atoms with E-state index in [1.807, 2.05) is 0 Å². The highest BCUT2D eigenvalue weighted by Gasteiger charge is 2.19. The first-order valence-electron chi connectivity index (χ1n) is 5.42.